The maximum absolute atomic E-state index is 13.3. The maximum atomic E-state index is 13.3. The molecule has 2 nitrogen and oxygen atoms in total. The van der Waals surface area contributed by atoms with Crippen LogP contribution in [-0.2, 0) is 6.42 Å². The summed E-state index contributed by atoms with van der Waals surface area (Å²) in [6.07, 6.45) is 0.820. The predicted molar refractivity (Wildman–Crippen MR) is 82.9 cm³/mol. The summed E-state index contributed by atoms with van der Waals surface area (Å²) >= 11 is 0. The summed E-state index contributed by atoms with van der Waals surface area (Å²) in [7, 11) is 0. The molecule has 0 aliphatic rings. The highest BCUT2D eigenvalue weighted by Gasteiger charge is 2.14. The molecule has 0 saturated carbocycles. The first-order valence-corrected chi connectivity index (χ1v) is 7.21. The van der Waals surface area contributed by atoms with Gasteiger partial charge in [0.2, 0.25) is 0 Å². The van der Waals surface area contributed by atoms with Gasteiger partial charge in [-0.1, -0.05) is 30.3 Å². The van der Waals surface area contributed by atoms with Crippen LogP contribution < -0.4 is 0 Å². The van der Waals surface area contributed by atoms with Gasteiger partial charge in [-0.2, -0.15) is 0 Å². The molecule has 1 amide bonds. The number of hydrogen-bond donors (Lipinski definition) is 0. The number of amides is 1. The van der Waals surface area contributed by atoms with Gasteiger partial charge in [0.1, 0.15) is 5.82 Å². The zero-order valence-corrected chi connectivity index (χ0v) is 12.5. The third-order valence-corrected chi connectivity index (χ3v) is 3.59. The van der Waals surface area contributed by atoms with E-state index in [1.165, 1.54) is 11.6 Å². The second-order valence-corrected chi connectivity index (χ2v) is 5.08. The highest BCUT2D eigenvalue weighted by atomic mass is 19.1. The third kappa shape index (κ3) is 3.91. The van der Waals surface area contributed by atoms with Gasteiger partial charge in [0.15, 0.2) is 0 Å². The predicted octanol–water partition coefficient (Wildman–Crippen LogP) is 3.84. The smallest absolute Gasteiger partial charge is 0.253 e. The molecular formula is C18H20FNO. The van der Waals surface area contributed by atoms with E-state index in [-0.39, 0.29) is 11.7 Å². The molecule has 0 N–H and O–H groups in total. The van der Waals surface area contributed by atoms with Gasteiger partial charge in [0.05, 0.1) is 0 Å². The highest BCUT2D eigenvalue weighted by Crippen LogP contribution is 2.12. The molecule has 0 unspecified atom stereocenters. The Bertz CT molecular complexity index is 610. The van der Waals surface area contributed by atoms with E-state index >= 15 is 0 Å². The molecule has 0 saturated heterocycles. The van der Waals surface area contributed by atoms with Gasteiger partial charge in [-0.3, -0.25) is 4.79 Å². The van der Waals surface area contributed by atoms with Crippen molar-refractivity contribution in [3.05, 3.63) is 71.0 Å². The summed E-state index contributed by atoms with van der Waals surface area (Å²) in [6.45, 7) is 4.93. The molecule has 0 bridgehead atoms. The lowest BCUT2D eigenvalue weighted by Crippen LogP contribution is -2.32. The normalized spacial score (nSPS) is 10.4. The number of benzene rings is 2. The molecule has 0 radical (unpaired) electrons. The van der Waals surface area contributed by atoms with Crippen LogP contribution in [0.15, 0.2) is 48.5 Å². The molecule has 110 valence electrons. The van der Waals surface area contributed by atoms with E-state index in [1.54, 1.807) is 24.0 Å². The summed E-state index contributed by atoms with van der Waals surface area (Å²) in [5.41, 5.74) is 2.25. The fourth-order valence-corrected chi connectivity index (χ4v) is 2.27. The first kappa shape index (κ1) is 15.2. The van der Waals surface area contributed by atoms with Crippen molar-refractivity contribution < 1.29 is 9.18 Å². The van der Waals surface area contributed by atoms with Crippen molar-refractivity contribution in [1.82, 2.24) is 4.90 Å². The van der Waals surface area contributed by atoms with Crippen molar-refractivity contribution in [3.8, 4) is 0 Å². The summed E-state index contributed by atoms with van der Waals surface area (Å²) in [5.74, 6) is -0.324. The van der Waals surface area contributed by atoms with Crippen LogP contribution in [0.1, 0.15) is 28.4 Å². The first-order valence-electron chi connectivity index (χ1n) is 7.21. The summed E-state index contributed by atoms with van der Waals surface area (Å²) < 4.78 is 13.3. The lowest BCUT2D eigenvalue weighted by Gasteiger charge is -2.21. The van der Waals surface area contributed by atoms with Gasteiger partial charge in [-0.15, -0.1) is 0 Å². The molecule has 2 aromatic rings. The Morgan fingerprint density at radius 1 is 1.14 bits per heavy atom. The van der Waals surface area contributed by atoms with Gasteiger partial charge in [-0.05, 0) is 49.6 Å². The monoisotopic (exact) mass is 285 g/mol. The van der Waals surface area contributed by atoms with Crippen LogP contribution >= 0.6 is 0 Å². The van der Waals surface area contributed by atoms with Crippen LogP contribution in [0.5, 0.6) is 0 Å². The summed E-state index contributed by atoms with van der Waals surface area (Å²) in [6, 6.07) is 14.6. The van der Waals surface area contributed by atoms with Gasteiger partial charge >= 0.3 is 0 Å². The minimum absolute atomic E-state index is 0.0449. The molecule has 0 aromatic heterocycles. The van der Waals surface area contributed by atoms with E-state index in [9.17, 15) is 9.18 Å². The Labute approximate surface area is 125 Å². The molecule has 0 spiro atoms. The minimum Gasteiger partial charge on any atom is -0.339 e. The Morgan fingerprint density at radius 2 is 1.86 bits per heavy atom. The number of rotatable bonds is 5. The van der Waals surface area contributed by atoms with Crippen LogP contribution in [-0.4, -0.2) is 23.9 Å². The quantitative estimate of drug-likeness (QED) is 0.817. The fourth-order valence-electron chi connectivity index (χ4n) is 2.27. The molecule has 0 heterocycles. The van der Waals surface area contributed by atoms with Gasteiger partial charge in [0.25, 0.3) is 5.91 Å². The number of hydrogen-bond acceptors (Lipinski definition) is 1. The number of halogens is 1. The SMILES string of the molecule is CCN(CCc1ccccc1)C(=O)c1ccc(F)c(C)c1. The van der Waals surface area contributed by atoms with E-state index in [0.717, 1.165) is 6.42 Å². The van der Waals surface area contributed by atoms with Gasteiger partial charge in [-0.25, -0.2) is 4.39 Å². The number of carbonyl (C=O) groups excluding carboxylic acids is 1. The van der Waals surface area contributed by atoms with Crippen LogP contribution in [0.2, 0.25) is 0 Å². The average Bonchev–Trinajstić information content (AvgIpc) is 2.51. The minimum atomic E-state index is -0.279. The second-order valence-electron chi connectivity index (χ2n) is 5.08. The van der Waals surface area contributed by atoms with Gasteiger partial charge in [0, 0.05) is 18.7 Å². The standard InChI is InChI=1S/C18H20FNO/c1-3-20(12-11-15-7-5-4-6-8-15)18(21)16-9-10-17(19)14(2)13-16/h4-10,13H,3,11-12H2,1-2H3. The van der Waals surface area contributed by atoms with Crippen molar-refractivity contribution in [2.24, 2.45) is 0 Å². The Morgan fingerprint density at radius 3 is 2.48 bits per heavy atom. The molecule has 3 heteroatoms. The number of aryl methyl sites for hydroxylation is 1. The Balaban J connectivity index is 2.06. The topological polar surface area (TPSA) is 20.3 Å². The second kappa shape index (κ2) is 7.02. The molecular weight excluding hydrogens is 265 g/mol. The number of likely N-dealkylation sites (N-methyl/N-ethyl adjacent to an activating group) is 1. The molecule has 2 aromatic carbocycles. The lowest BCUT2D eigenvalue weighted by atomic mass is 10.1. The van der Waals surface area contributed by atoms with E-state index < -0.39 is 0 Å². The maximum Gasteiger partial charge on any atom is 0.253 e. The van der Waals surface area contributed by atoms with Crippen LogP contribution in [0.3, 0.4) is 0 Å². The van der Waals surface area contributed by atoms with Crippen molar-refractivity contribution >= 4 is 5.91 Å². The van der Waals surface area contributed by atoms with E-state index in [1.807, 2.05) is 25.1 Å². The van der Waals surface area contributed by atoms with Gasteiger partial charge < -0.3 is 4.90 Å². The third-order valence-electron chi connectivity index (χ3n) is 3.59. The molecule has 2 rings (SSSR count). The van der Waals surface area contributed by atoms with Crippen LogP contribution in [0.4, 0.5) is 4.39 Å². The fraction of sp³-hybridized carbons (Fsp3) is 0.278. The Hall–Kier alpha value is -2.16. The van der Waals surface area contributed by atoms with Crippen molar-refractivity contribution in [1.29, 1.82) is 0 Å². The first-order chi connectivity index (χ1) is 10.1. The van der Waals surface area contributed by atoms with Crippen molar-refractivity contribution in [3.63, 3.8) is 0 Å². The number of carbonyl (C=O) groups is 1. The highest BCUT2D eigenvalue weighted by molar-refractivity contribution is 5.94. The van der Waals surface area contributed by atoms with E-state index in [0.29, 0.717) is 24.2 Å². The average molecular weight is 285 g/mol. The molecule has 0 fully saturated rings. The van der Waals surface area contributed by atoms with E-state index in [2.05, 4.69) is 12.1 Å². The molecule has 21 heavy (non-hydrogen) atoms. The van der Waals surface area contributed by atoms with Crippen LogP contribution in [0, 0.1) is 12.7 Å². The molecule has 0 aliphatic carbocycles. The number of nitrogens with zero attached hydrogens (tertiary/aromatic N) is 1. The van der Waals surface area contributed by atoms with Crippen molar-refractivity contribution in [2.75, 3.05) is 13.1 Å². The zero-order chi connectivity index (χ0) is 15.2. The summed E-state index contributed by atoms with van der Waals surface area (Å²) in [5, 5.41) is 0. The van der Waals surface area contributed by atoms with Crippen LogP contribution in [0.25, 0.3) is 0 Å². The van der Waals surface area contributed by atoms with E-state index in [4.69, 9.17) is 0 Å². The zero-order valence-electron chi connectivity index (χ0n) is 12.5. The molecule has 0 atom stereocenters. The molecule has 0 aliphatic heterocycles. The largest absolute Gasteiger partial charge is 0.339 e. The Kier molecular flexibility index (Phi) is 5.09. The lowest BCUT2D eigenvalue weighted by molar-refractivity contribution is 0.0766. The van der Waals surface area contributed by atoms with Crippen molar-refractivity contribution in [2.45, 2.75) is 20.3 Å². The summed E-state index contributed by atoms with van der Waals surface area (Å²) in [4.78, 5) is 14.3.